The third-order valence-electron chi connectivity index (χ3n) is 5.84. The number of aliphatic hydroxyl groups is 1. The molecule has 4 aromatic heterocycles. The summed E-state index contributed by atoms with van der Waals surface area (Å²) in [6.45, 7) is 5.77. The van der Waals surface area contributed by atoms with Crippen LogP contribution in [0.25, 0.3) is 27.4 Å². The third kappa shape index (κ3) is 5.45. The van der Waals surface area contributed by atoms with Gasteiger partial charge in [-0.1, -0.05) is 18.2 Å². The molecular weight excluding hydrogens is 524 g/mol. The molecule has 0 radical (unpaired) electrons. The van der Waals surface area contributed by atoms with Crippen LogP contribution in [0.4, 0.5) is 0 Å². The number of nitrogens with zero attached hydrogens (tertiary/aromatic N) is 4. The van der Waals surface area contributed by atoms with Crippen molar-refractivity contribution in [1.29, 1.82) is 0 Å². The zero-order valence-corrected chi connectivity index (χ0v) is 23.4. The highest BCUT2D eigenvalue weighted by Gasteiger charge is 2.18. The Morgan fingerprint density at radius 3 is 2.74 bits per heavy atom. The molecule has 1 aromatic carbocycles. The molecule has 0 atom stereocenters. The summed E-state index contributed by atoms with van der Waals surface area (Å²) >= 11 is 2.93. The van der Waals surface area contributed by atoms with E-state index in [2.05, 4.69) is 10.1 Å². The lowest BCUT2D eigenvalue weighted by molar-refractivity contribution is 0.123. The molecule has 0 fully saturated rings. The van der Waals surface area contributed by atoms with Gasteiger partial charge in [-0.05, 0) is 43.7 Å². The van der Waals surface area contributed by atoms with E-state index in [1.807, 2.05) is 48.7 Å². The van der Waals surface area contributed by atoms with Crippen molar-refractivity contribution in [1.82, 2.24) is 19.6 Å². The molecule has 38 heavy (non-hydrogen) atoms. The number of allylic oxidation sites excluding steroid dienone is 2. The number of imidazole rings is 1. The lowest BCUT2D eigenvalue weighted by Gasteiger charge is -2.18. The maximum absolute atomic E-state index is 10.2. The minimum absolute atomic E-state index is 0.302. The fourth-order valence-electron chi connectivity index (χ4n) is 3.93. The van der Waals surface area contributed by atoms with Crippen molar-refractivity contribution < 1.29 is 23.7 Å². The van der Waals surface area contributed by atoms with Crippen LogP contribution in [0.5, 0.6) is 16.7 Å². The standard InChI is InChI=1S/C27H28N4O5S2/c1-6-16(27(2,3)32)8-7-9-24-28-17(15-37-24)14-35-21-10-18(33-4)11-22-19(21)12-23(36-22)20-13-31-25(29-20)38-26(30-31)34-5/h6-8,10-13,15,32H,9,14H2,1-5H3/b8-7-,16-6+. The second-order valence-electron chi connectivity index (χ2n) is 9.00. The van der Waals surface area contributed by atoms with Gasteiger partial charge in [0.1, 0.15) is 29.4 Å². The monoisotopic (exact) mass is 552 g/mol. The quantitative estimate of drug-likeness (QED) is 0.208. The van der Waals surface area contributed by atoms with Crippen LogP contribution in [0.15, 0.2) is 58.0 Å². The van der Waals surface area contributed by atoms with Crippen LogP contribution in [-0.2, 0) is 13.0 Å². The van der Waals surface area contributed by atoms with Gasteiger partial charge in [0.25, 0.3) is 5.19 Å². The predicted molar refractivity (Wildman–Crippen MR) is 149 cm³/mol. The van der Waals surface area contributed by atoms with Gasteiger partial charge in [0, 0.05) is 23.9 Å². The molecule has 0 saturated heterocycles. The van der Waals surface area contributed by atoms with E-state index in [9.17, 15) is 5.11 Å². The molecule has 198 valence electrons. The molecule has 0 bridgehead atoms. The normalized spacial score (nSPS) is 12.7. The smallest absolute Gasteiger partial charge is 0.294 e. The Morgan fingerprint density at radius 2 is 2.03 bits per heavy atom. The average molecular weight is 553 g/mol. The van der Waals surface area contributed by atoms with Gasteiger partial charge < -0.3 is 23.7 Å². The van der Waals surface area contributed by atoms with Crippen molar-refractivity contribution in [2.24, 2.45) is 0 Å². The summed E-state index contributed by atoms with van der Waals surface area (Å²) in [5, 5.41) is 18.8. The summed E-state index contributed by atoms with van der Waals surface area (Å²) in [5.74, 6) is 1.86. The fourth-order valence-corrected chi connectivity index (χ4v) is 5.38. The number of benzene rings is 1. The Labute approximate surface area is 227 Å². The molecule has 9 nitrogen and oxygen atoms in total. The van der Waals surface area contributed by atoms with E-state index in [4.69, 9.17) is 23.6 Å². The van der Waals surface area contributed by atoms with E-state index in [1.165, 1.54) is 11.3 Å². The van der Waals surface area contributed by atoms with Crippen LogP contribution in [0.2, 0.25) is 0 Å². The second-order valence-corrected chi connectivity index (χ2v) is 10.9. The van der Waals surface area contributed by atoms with E-state index in [1.54, 1.807) is 50.1 Å². The number of methoxy groups -OCH3 is 2. The minimum Gasteiger partial charge on any atom is -0.496 e. The van der Waals surface area contributed by atoms with Gasteiger partial charge in [0.2, 0.25) is 4.96 Å². The SMILES string of the molecule is C/C=C(\C=C/Cc1nc(COc2cc(OC)cc3oc(-c4cn5nc(OC)sc5n4)cc23)cs1)C(C)(C)O. The van der Waals surface area contributed by atoms with Crippen LogP contribution < -0.4 is 14.2 Å². The topological polar surface area (TPSA) is 104 Å². The van der Waals surface area contributed by atoms with Crippen molar-refractivity contribution in [2.75, 3.05) is 14.2 Å². The second kappa shape index (κ2) is 10.6. The predicted octanol–water partition coefficient (Wildman–Crippen LogP) is 6.07. The van der Waals surface area contributed by atoms with E-state index >= 15 is 0 Å². The summed E-state index contributed by atoms with van der Waals surface area (Å²) < 4.78 is 24.6. The molecule has 4 heterocycles. The molecular formula is C27H28N4O5S2. The Kier molecular flexibility index (Phi) is 7.24. The van der Waals surface area contributed by atoms with E-state index in [0.717, 1.165) is 21.7 Å². The number of thiazole rings is 1. The lowest BCUT2D eigenvalue weighted by atomic mass is 9.97. The average Bonchev–Trinajstić information content (AvgIpc) is 3.66. The number of hydrogen-bond acceptors (Lipinski definition) is 10. The summed E-state index contributed by atoms with van der Waals surface area (Å²) in [6.07, 6.45) is 8.35. The summed E-state index contributed by atoms with van der Waals surface area (Å²) in [7, 11) is 3.19. The van der Waals surface area contributed by atoms with Gasteiger partial charge in [-0.3, -0.25) is 0 Å². The number of hydrogen-bond donors (Lipinski definition) is 1. The third-order valence-corrected chi connectivity index (χ3v) is 7.65. The summed E-state index contributed by atoms with van der Waals surface area (Å²) in [4.78, 5) is 10.0. The molecule has 0 aliphatic carbocycles. The highest BCUT2D eigenvalue weighted by molar-refractivity contribution is 7.18. The van der Waals surface area contributed by atoms with Crippen LogP contribution in [0, 0.1) is 0 Å². The van der Waals surface area contributed by atoms with Gasteiger partial charge in [-0.25, -0.2) is 14.5 Å². The van der Waals surface area contributed by atoms with Crippen LogP contribution in [-0.4, -0.2) is 44.5 Å². The maximum atomic E-state index is 10.2. The van der Waals surface area contributed by atoms with Crippen molar-refractivity contribution in [2.45, 2.75) is 39.4 Å². The molecule has 0 aliphatic heterocycles. The molecule has 0 amide bonds. The Balaban J connectivity index is 1.33. The summed E-state index contributed by atoms with van der Waals surface area (Å²) in [5.41, 5.74) is 2.12. The number of fused-ring (bicyclic) bond motifs is 2. The van der Waals surface area contributed by atoms with E-state index < -0.39 is 5.60 Å². The van der Waals surface area contributed by atoms with Gasteiger partial charge in [-0.15, -0.1) is 16.4 Å². The molecule has 1 N–H and O–H groups in total. The van der Waals surface area contributed by atoms with Gasteiger partial charge in [0.15, 0.2) is 5.76 Å². The van der Waals surface area contributed by atoms with Gasteiger partial charge >= 0.3 is 0 Å². The molecule has 0 spiro atoms. The Morgan fingerprint density at radius 1 is 1.18 bits per heavy atom. The number of furan rings is 1. The molecule has 5 rings (SSSR count). The van der Waals surface area contributed by atoms with Crippen molar-refractivity contribution in [3.05, 3.63) is 64.3 Å². The zero-order chi connectivity index (χ0) is 26.9. The van der Waals surface area contributed by atoms with Crippen molar-refractivity contribution in [3.8, 4) is 28.1 Å². The van der Waals surface area contributed by atoms with Gasteiger partial charge in [0.05, 0.1) is 42.1 Å². The number of rotatable bonds is 10. The van der Waals surface area contributed by atoms with Crippen LogP contribution in [0.3, 0.4) is 0 Å². The first kappa shape index (κ1) is 26.0. The lowest BCUT2D eigenvalue weighted by Crippen LogP contribution is -2.20. The molecule has 0 aliphatic rings. The molecule has 0 saturated carbocycles. The first-order chi connectivity index (χ1) is 18.3. The first-order valence-corrected chi connectivity index (χ1v) is 13.6. The van der Waals surface area contributed by atoms with E-state index in [0.29, 0.717) is 51.7 Å². The minimum atomic E-state index is -0.875. The molecule has 5 aromatic rings. The largest absolute Gasteiger partial charge is 0.496 e. The Bertz CT molecular complexity index is 1600. The Hall–Kier alpha value is -3.67. The van der Waals surface area contributed by atoms with Gasteiger partial charge in [-0.2, -0.15) is 0 Å². The van der Waals surface area contributed by atoms with Crippen molar-refractivity contribution in [3.63, 3.8) is 0 Å². The molecule has 0 unspecified atom stereocenters. The highest BCUT2D eigenvalue weighted by atomic mass is 32.1. The van der Waals surface area contributed by atoms with Crippen LogP contribution >= 0.6 is 22.7 Å². The van der Waals surface area contributed by atoms with Crippen LogP contribution in [0.1, 0.15) is 31.5 Å². The number of aromatic nitrogens is 4. The number of ether oxygens (including phenoxy) is 3. The zero-order valence-electron chi connectivity index (χ0n) is 21.7. The summed E-state index contributed by atoms with van der Waals surface area (Å²) in [6, 6.07) is 5.57. The first-order valence-electron chi connectivity index (χ1n) is 11.9. The molecule has 11 heteroatoms. The maximum Gasteiger partial charge on any atom is 0.294 e. The highest BCUT2D eigenvalue weighted by Crippen LogP contribution is 2.37. The van der Waals surface area contributed by atoms with Crippen molar-refractivity contribution >= 4 is 38.6 Å². The fraction of sp³-hybridized carbons (Fsp3) is 0.296. The van der Waals surface area contributed by atoms with E-state index in [-0.39, 0.29) is 0 Å².